The van der Waals surface area contributed by atoms with E-state index in [9.17, 15) is 0 Å². The Labute approximate surface area is 241 Å². The van der Waals surface area contributed by atoms with Crippen LogP contribution in [0, 0.1) is 0 Å². The fourth-order valence-electron chi connectivity index (χ4n) is 1.60. The van der Waals surface area contributed by atoms with E-state index in [0.717, 1.165) is 18.1 Å². The molecule has 0 bridgehead atoms. The van der Waals surface area contributed by atoms with Gasteiger partial charge in [-0.3, -0.25) is 0 Å². The summed E-state index contributed by atoms with van der Waals surface area (Å²) < 4.78 is 12.4. The molecule has 0 unspecified atom stereocenters. The summed E-state index contributed by atoms with van der Waals surface area (Å²) in [4.78, 5) is 0. The SMILES string of the molecule is CC(C)(C)N([SiH3])[SiH3].CC(C)N([SiH3])[SiH3].CC(C)N([SiH3])[SiH3].CCN([SiH3])[SiH3].[SiH3]N([SiH3])C1CCCCC1. The molecular formula is C18H69N5Si10. The van der Waals surface area contributed by atoms with Gasteiger partial charge in [0, 0.05) is 0 Å². The summed E-state index contributed by atoms with van der Waals surface area (Å²) in [7, 11) is 12.6. The molecule has 1 aliphatic carbocycles. The van der Waals surface area contributed by atoms with Gasteiger partial charge in [-0.05, 0) is 63.8 Å². The Morgan fingerprint density at radius 1 is 0.667 bits per heavy atom. The molecule has 0 amide bonds. The van der Waals surface area contributed by atoms with Gasteiger partial charge in [0.05, 0.1) is 104 Å². The van der Waals surface area contributed by atoms with Crippen LogP contribution in [0.3, 0.4) is 0 Å². The molecule has 0 spiro atoms. The minimum atomic E-state index is 0.457. The summed E-state index contributed by atoms with van der Waals surface area (Å²) in [5.74, 6) is 0. The van der Waals surface area contributed by atoms with Crippen molar-refractivity contribution in [3.8, 4) is 0 Å². The van der Waals surface area contributed by atoms with Gasteiger partial charge in [-0.1, -0.05) is 53.9 Å². The third-order valence-corrected chi connectivity index (χ3v) is 15.9. The molecule has 0 saturated heterocycles. The lowest BCUT2D eigenvalue weighted by atomic mass is 9.96. The molecule has 0 aromatic carbocycles. The molecule has 206 valence electrons. The highest BCUT2D eigenvalue weighted by molar-refractivity contribution is 6.26. The van der Waals surface area contributed by atoms with E-state index in [4.69, 9.17) is 0 Å². The Balaban J connectivity index is -0.000000162. The summed E-state index contributed by atoms with van der Waals surface area (Å²) in [6, 6.07) is 2.63. The van der Waals surface area contributed by atoms with Crippen molar-refractivity contribution < 1.29 is 0 Å². The second-order valence-corrected chi connectivity index (χ2v) is 35.0. The zero-order chi connectivity index (χ0) is 27.4. The quantitative estimate of drug-likeness (QED) is 0.285. The van der Waals surface area contributed by atoms with Crippen LogP contribution in [-0.4, -0.2) is 155 Å². The molecule has 0 aliphatic heterocycles. The van der Waals surface area contributed by atoms with E-state index >= 15 is 0 Å². The van der Waals surface area contributed by atoms with Crippen LogP contribution in [-0.2, 0) is 0 Å². The van der Waals surface area contributed by atoms with E-state index in [2.05, 4.69) is 76.5 Å². The summed E-state index contributed by atoms with van der Waals surface area (Å²) in [5.41, 5.74) is 0.457. The minimum absolute atomic E-state index is 0.457. The van der Waals surface area contributed by atoms with Gasteiger partial charge < -0.3 is 21.2 Å². The maximum absolute atomic E-state index is 2.64. The van der Waals surface area contributed by atoms with Crippen molar-refractivity contribution in [1.82, 2.24) is 21.2 Å². The molecule has 33 heavy (non-hydrogen) atoms. The van der Waals surface area contributed by atoms with Gasteiger partial charge in [-0.25, -0.2) is 0 Å². The van der Waals surface area contributed by atoms with Crippen LogP contribution >= 0.6 is 0 Å². The predicted molar refractivity (Wildman–Crippen MR) is 196 cm³/mol. The molecule has 0 atom stereocenters. The summed E-state index contributed by atoms with van der Waals surface area (Å²) in [6.07, 6.45) is 7.46. The Kier molecular flexibility index (Phi) is 32.7. The maximum Gasteiger partial charge on any atom is 0.0703 e. The minimum Gasteiger partial charge on any atom is -0.361 e. The number of nitrogens with zero attached hydrogens (tertiary/aromatic N) is 5. The molecule has 1 fully saturated rings. The van der Waals surface area contributed by atoms with Crippen LogP contribution < -0.4 is 0 Å². The van der Waals surface area contributed by atoms with Gasteiger partial charge >= 0.3 is 0 Å². The fourth-order valence-corrected chi connectivity index (χ4v) is 2.63. The smallest absolute Gasteiger partial charge is 0.0703 e. The topological polar surface area (TPSA) is 16.2 Å². The Morgan fingerprint density at radius 2 is 0.909 bits per heavy atom. The van der Waals surface area contributed by atoms with Crippen LogP contribution in [0.2, 0.25) is 0 Å². The molecule has 0 radical (unpaired) electrons. The first-order valence-corrected chi connectivity index (χ1v) is 22.1. The first-order chi connectivity index (χ1) is 14.8. The molecule has 15 heteroatoms. The average Bonchev–Trinajstić information content (AvgIpc) is 2.69. The molecular weight excluding hydrogens is 567 g/mol. The highest BCUT2D eigenvalue weighted by Crippen LogP contribution is 2.19. The van der Waals surface area contributed by atoms with Crippen molar-refractivity contribution in [2.24, 2.45) is 0 Å². The first-order valence-electron chi connectivity index (χ1n) is 13.1. The van der Waals surface area contributed by atoms with Crippen molar-refractivity contribution in [1.29, 1.82) is 0 Å². The molecule has 0 aromatic heterocycles. The average molecular weight is 637 g/mol. The van der Waals surface area contributed by atoms with E-state index < -0.39 is 0 Å². The van der Waals surface area contributed by atoms with Gasteiger partial charge in [0.15, 0.2) is 0 Å². The van der Waals surface area contributed by atoms with Crippen molar-refractivity contribution in [3.05, 3.63) is 0 Å². The normalized spacial score (nSPS) is 15.4. The third-order valence-electron chi connectivity index (χ3n) is 6.34. The van der Waals surface area contributed by atoms with Crippen molar-refractivity contribution in [2.45, 2.75) is 111 Å². The molecule has 1 rings (SSSR count). The highest BCUT2D eigenvalue weighted by Gasteiger charge is 2.13. The lowest BCUT2D eigenvalue weighted by Crippen LogP contribution is -2.36. The standard InChI is InChI=1S/C6H17NSi2.C4H15NSi2.2C3H13NSi2.C2H11NSi2/c8-7(9)6-4-2-1-3-5-6;1-4(2,3)5(6)7;2*1-3(2)4(5)6;1-2-3(4)5/h6H,1-5H2,8-9H3;1-3,6-7H3;2*3H,1-2,5-6H3;2H2,1,4-5H3. The van der Waals surface area contributed by atoms with Crippen molar-refractivity contribution in [3.63, 3.8) is 0 Å². The Morgan fingerprint density at radius 3 is 1.00 bits per heavy atom. The van der Waals surface area contributed by atoms with Gasteiger partial charge in [0.1, 0.15) is 0 Å². The second-order valence-electron chi connectivity index (χ2n) is 11.8. The summed E-state index contributed by atoms with van der Waals surface area (Å²) >= 11 is 0. The van der Waals surface area contributed by atoms with Gasteiger partial charge in [-0.15, -0.1) is 0 Å². The monoisotopic (exact) mass is 635 g/mol. The number of rotatable bonds is 4. The van der Waals surface area contributed by atoms with Crippen molar-refractivity contribution in [2.75, 3.05) is 6.54 Å². The van der Waals surface area contributed by atoms with E-state index in [1.54, 1.807) is 0 Å². The van der Waals surface area contributed by atoms with Gasteiger partial charge in [0.25, 0.3) is 0 Å². The summed E-state index contributed by atoms with van der Waals surface area (Å²) in [5, 5.41) is 0. The zero-order valence-corrected chi connectivity index (χ0v) is 46.7. The molecule has 1 aliphatic rings. The van der Waals surface area contributed by atoms with Crippen LogP contribution in [0.15, 0.2) is 0 Å². The van der Waals surface area contributed by atoms with E-state index in [1.165, 1.54) is 143 Å². The summed E-state index contributed by atoms with van der Waals surface area (Å²) in [6.45, 7) is 19.2. The Bertz CT molecular complexity index is 365. The van der Waals surface area contributed by atoms with Crippen LogP contribution in [0.1, 0.15) is 87.5 Å². The molecule has 0 N–H and O–H groups in total. The number of hydrogen-bond donors (Lipinski definition) is 0. The largest absolute Gasteiger partial charge is 0.361 e. The predicted octanol–water partition coefficient (Wildman–Crippen LogP) is -7.79. The first kappa shape index (κ1) is 42.1. The van der Waals surface area contributed by atoms with Crippen LogP contribution in [0.4, 0.5) is 0 Å². The van der Waals surface area contributed by atoms with E-state index in [1.807, 2.05) is 0 Å². The van der Waals surface area contributed by atoms with E-state index in [-0.39, 0.29) is 0 Å². The molecule has 0 aromatic rings. The highest BCUT2D eigenvalue weighted by atomic mass is 28.2. The Hall–Kier alpha value is 1.97. The second kappa shape index (κ2) is 25.6. The maximum atomic E-state index is 2.64. The lowest BCUT2D eigenvalue weighted by Gasteiger charge is -2.28. The molecule has 0 heterocycles. The molecule has 5 nitrogen and oxygen atoms in total. The molecule has 1 saturated carbocycles. The third kappa shape index (κ3) is 38.7. The van der Waals surface area contributed by atoms with Crippen LogP contribution in [0.25, 0.3) is 0 Å². The van der Waals surface area contributed by atoms with Gasteiger partial charge in [0.2, 0.25) is 0 Å². The lowest BCUT2D eigenvalue weighted by molar-refractivity contribution is 0.349. The van der Waals surface area contributed by atoms with E-state index in [0.29, 0.717) is 5.54 Å². The fraction of sp³-hybridized carbons (Fsp3) is 1.00. The van der Waals surface area contributed by atoms with Crippen molar-refractivity contribution >= 4 is 104 Å². The van der Waals surface area contributed by atoms with Crippen LogP contribution in [0.5, 0.6) is 0 Å². The zero-order valence-electron chi connectivity index (χ0n) is 26.7. The number of hydrogen-bond acceptors (Lipinski definition) is 5. The van der Waals surface area contributed by atoms with Gasteiger partial charge in [-0.2, -0.15) is 0 Å².